The second-order valence-corrected chi connectivity index (χ2v) is 6.26. The summed E-state index contributed by atoms with van der Waals surface area (Å²) in [6.07, 6.45) is 6.01. The van der Waals surface area contributed by atoms with Gasteiger partial charge in [-0.15, -0.1) is 0 Å². The van der Waals surface area contributed by atoms with Crippen LogP contribution in [0.2, 0.25) is 5.02 Å². The van der Waals surface area contributed by atoms with Gasteiger partial charge in [0.2, 0.25) is 0 Å². The van der Waals surface area contributed by atoms with Gasteiger partial charge in [0.1, 0.15) is 5.75 Å². The zero-order valence-electron chi connectivity index (χ0n) is 10.7. The summed E-state index contributed by atoms with van der Waals surface area (Å²) in [4.78, 5) is 0. The molecule has 0 atom stereocenters. The quantitative estimate of drug-likeness (QED) is 0.885. The molecular weight excluding hydrogens is 248 g/mol. The van der Waals surface area contributed by atoms with E-state index < -0.39 is 0 Å². The molecule has 2 bridgehead atoms. The number of halogens is 1. The van der Waals surface area contributed by atoms with Crippen molar-refractivity contribution in [1.82, 2.24) is 0 Å². The van der Waals surface area contributed by atoms with Crippen LogP contribution in [0.1, 0.15) is 44.1 Å². The van der Waals surface area contributed by atoms with Crippen molar-refractivity contribution >= 4 is 11.6 Å². The van der Waals surface area contributed by atoms with Crippen LogP contribution in [0.15, 0.2) is 18.2 Å². The fourth-order valence-electron chi connectivity index (χ4n) is 3.60. The predicted molar refractivity (Wildman–Crippen MR) is 72.3 cm³/mol. The first-order valence-corrected chi connectivity index (χ1v) is 7.01. The number of hydrogen-bond donors (Lipinski definition) is 1. The molecule has 4 rings (SSSR count). The van der Waals surface area contributed by atoms with Gasteiger partial charge in [-0.3, -0.25) is 0 Å². The molecule has 0 aliphatic heterocycles. The zero-order valence-corrected chi connectivity index (χ0v) is 11.5. The second-order valence-electron chi connectivity index (χ2n) is 5.85. The van der Waals surface area contributed by atoms with Crippen LogP contribution in [0, 0.1) is 0 Å². The lowest BCUT2D eigenvalue weighted by molar-refractivity contribution is -0.0660. The van der Waals surface area contributed by atoms with Crippen LogP contribution in [0.3, 0.4) is 0 Å². The average molecular weight is 267 g/mol. The maximum Gasteiger partial charge on any atom is 0.137 e. The third kappa shape index (κ3) is 1.83. The molecule has 1 aromatic rings. The number of fused-ring (bicyclic) bond motifs is 3. The lowest BCUT2D eigenvalue weighted by Crippen LogP contribution is -2.48. The number of hydrogen-bond acceptors (Lipinski definition) is 2. The Labute approximate surface area is 113 Å². The van der Waals surface area contributed by atoms with Crippen LogP contribution < -0.4 is 4.74 Å². The van der Waals surface area contributed by atoms with Gasteiger partial charge in [-0.1, -0.05) is 17.7 Å². The summed E-state index contributed by atoms with van der Waals surface area (Å²) in [5.41, 5.74) is 1.17. The van der Waals surface area contributed by atoms with Crippen LogP contribution in [0.4, 0.5) is 0 Å². The Hall–Kier alpha value is -0.730. The van der Waals surface area contributed by atoms with Gasteiger partial charge in [0.15, 0.2) is 0 Å². The summed E-state index contributed by atoms with van der Waals surface area (Å²) in [7, 11) is 1.64. The maximum absolute atomic E-state index is 10.3. The molecular formula is C15H19ClO2. The van der Waals surface area contributed by atoms with E-state index in [1.807, 2.05) is 6.07 Å². The molecule has 0 saturated heterocycles. The van der Waals surface area contributed by atoms with Gasteiger partial charge in [0, 0.05) is 0 Å². The third-order valence-corrected chi connectivity index (χ3v) is 5.27. The number of aliphatic hydroxyl groups is 1. The molecule has 3 saturated carbocycles. The predicted octanol–water partition coefficient (Wildman–Crippen LogP) is 3.69. The molecule has 0 spiro atoms. The highest BCUT2D eigenvalue weighted by molar-refractivity contribution is 6.32. The zero-order chi connectivity index (χ0) is 12.8. The van der Waals surface area contributed by atoms with E-state index in [4.69, 9.17) is 16.3 Å². The van der Waals surface area contributed by atoms with Gasteiger partial charge in [0.25, 0.3) is 0 Å². The lowest BCUT2D eigenvalue weighted by Gasteiger charge is -2.51. The number of ether oxygens (including phenoxy) is 1. The lowest BCUT2D eigenvalue weighted by atomic mass is 9.56. The largest absolute Gasteiger partial charge is 0.495 e. The standard InChI is InChI=1S/C15H19ClO2/c1-18-13-3-2-11(10-12(13)16)14-4-7-15(17,8-5-14)9-6-14/h2-3,10,17H,4-9H2,1H3. The van der Waals surface area contributed by atoms with Crippen LogP contribution in [-0.4, -0.2) is 17.8 Å². The van der Waals surface area contributed by atoms with Crippen molar-refractivity contribution in [2.24, 2.45) is 0 Å². The minimum absolute atomic E-state index is 0.236. The van der Waals surface area contributed by atoms with Crippen LogP contribution >= 0.6 is 11.6 Å². The highest BCUT2D eigenvalue weighted by Crippen LogP contribution is 2.54. The number of methoxy groups -OCH3 is 1. The van der Waals surface area contributed by atoms with Crippen molar-refractivity contribution in [1.29, 1.82) is 0 Å². The van der Waals surface area contributed by atoms with Gasteiger partial charge in [-0.2, -0.15) is 0 Å². The van der Waals surface area contributed by atoms with Gasteiger partial charge >= 0.3 is 0 Å². The van der Waals surface area contributed by atoms with Crippen molar-refractivity contribution in [3.63, 3.8) is 0 Å². The van der Waals surface area contributed by atoms with Crippen LogP contribution in [-0.2, 0) is 5.41 Å². The summed E-state index contributed by atoms with van der Waals surface area (Å²) in [5.74, 6) is 0.736. The van der Waals surface area contributed by atoms with E-state index in [1.165, 1.54) is 5.56 Å². The van der Waals surface area contributed by atoms with Crippen molar-refractivity contribution in [3.8, 4) is 5.75 Å². The molecule has 98 valence electrons. The van der Waals surface area contributed by atoms with E-state index in [1.54, 1.807) is 7.11 Å². The third-order valence-electron chi connectivity index (χ3n) is 4.97. The Kier molecular flexibility index (Phi) is 2.83. The SMILES string of the molecule is COc1ccc(C23CCC(O)(CC2)CC3)cc1Cl. The van der Waals surface area contributed by atoms with E-state index in [0.717, 1.165) is 44.3 Å². The molecule has 3 heteroatoms. The first-order chi connectivity index (χ1) is 8.57. The Bertz CT molecular complexity index is 445. The molecule has 3 aliphatic rings. The fraction of sp³-hybridized carbons (Fsp3) is 0.600. The van der Waals surface area contributed by atoms with Gasteiger partial charge < -0.3 is 9.84 Å². The average Bonchev–Trinajstić information content (AvgIpc) is 2.40. The maximum atomic E-state index is 10.3. The summed E-state index contributed by atoms with van der Waals surface area (Å²) < 4.78 is 5.21. The summed E-state index contributed by atoms with van der Waals surface area (Å²) >= 11 is 6.23. The number of rotatable bonds is 2. The van der Waals surface area contributed by atoms with E-state index in [9.17, 15) is 5.11 Å². The summed E-state index contributed by atoms with van der Waals surface area (Å²) in [5, 5.41) is 11.0. The summed E-state index contributed by atoms with van der Waals surface area (Å²) in [6, 6.07) is 6.15. The molecule has 0 radical (unpaired) electrons. The molecule has 3 aliphatic carbocycles. The Morgan fingerprint density at radius 3 is 2.22 bits per heavy atom. The topological polar surface area (TPSA) is 29.5 Å². The Morgan fingerprint density at radius 2 is 1.72 bits per heavy atom. The first-order valence-electron chi connectivity index (χ1n) is 6.63. The second kappa shape index (κ2) is 4.14. The molecule has 0 heterocycles. The summed E-state index contributed by atoms with van der Waals surface area (Å²) in [6.45, 7) is 0. The van der Waals surface area contributed by atoms with Crippen molar-refractivity contribution < 1.29 is 9.84 Å². The molecule has 0 unspecified atom stereocenters. The highest BCUT2D eigenvalue weighted by atomic mass is 35.5. The van der Waals surface area contributed by atoms with Gasteiger partial charge in [0.05, 0.1) is 17.7 Å². The first kappa shape index (κ1) is 12.3. The Balaban J connectivity index is 1.93. The molecule has 2 nitrogen and oxygen atoms in total. The van der Waals surface area contributed by atoms with E-state index >= 15 is 0 Å². The minimum atomic E-state index is -0.377. The van der Waals surface area contributed by atoms with Crippen LogP contribution in [0.25, 0.3) is 0 Å². The molecule has 1 N–H and O–H groups in total. The Morgan fingerprint density at radius 1 is 1.11 bits per heavy atom. The molecule has 1 aromatic carbocycles. The van der Waals surface area contributed by atoms with Crippen LogP contribution in [0.5, 0.6) is 5.75 Å². The van der Waals surface area contributed by atoms with Gasteiger partial charge in [-0.25, -0.2) is 0 Å². The van der Waals surface area contributed by atoms with E-state index in [2.05, 4.69) is 12.1 Å². The molecule has 0 amide bonds. The highest BCUT2D eigenvalue weighted by Gasteiger charge is 2.48. The molecule has 3 fully saturated rings. The molecule has 18 heavy (non-hydrogen) atoms. The fourth-order valence-corrected chi connectivity index (χ4v) is 3.85. The minimum Gasteiger partial charge on any atom is -0.495 e. The van der Waals surface area contributed by atoms with Crippen molar-refractivity contribution in [2.75, 3.05) is 7.11 Å². The molecule has 0 aromatic heterocycles. The monoisotopic (exact) mass is 266 g/mol. The van der Waals surface area contributed by atoms with Crippen molar-refractivity contribution in [2.45, 2.75) is 49.5 Å². The van der Waals surface area contributed by atoms with Crippen molar-refractivity contribution in [3.05, 3.63) is 28.8 Å². The van der Waals surface area contributed by atoms with Gasteiger partial charge in [-0.05, 0) is 61.6 Å². The normalized spacial score (nSPS) is 34.6. The number of benzene rings is 1. The smallest absolute Gasteiger partial charge is 0.137 e. The van der Waals surface area contributed by atoms with E-state index in [0.29, 0.717) is 5.02 Å². The van der Waals surface area contributed by atoms with E-state index in [-0.39, 0.29) is 11.0 Å².